The van der Waals surface area contributed by atoms with Crippen LogP contribution in [0.3, 0.4) is 0 Å². The fourth-order valence-corrected chi connectivity index (χ4v) is 7.40. The Labute approximate surface area is 252 Å². The maximum atomic E-state index is 11.7. The summed E-state index contributed by atoms with van der Waals surface area (Å²) in [4.78, 5) is 27.2. The number of carboxylic acids is 1. The maximum absolute atomic E-state index is 11.7. The highest BCUT2D eigenvalue weighted by Gasteiger charge is 2.45. The zero-order valence-corrected chi connectivity index (χ0v) is 25.2. The van der Waals surface area contributed by atoms with Crippen LogP contribution in [0.15, 0.2) is 96.7 Å². The van der Waals surface area contributed by atoms with Crippen molar-refractivity contribution in [2.45, 2.75) is 51.0 Å². The first-order chi connectivity index (χ1) is 20.7. The summed E-state index contributed by atoms with van der Waals surface area (Å²) in [6, 6.07) is 25.4. The van der Waals surface area contributed by atoms with Crippen molar-refractivity contribution in [1.29, 1.82) is 0 Å². The number of ether oxygens (including phenoxy) is 1. The van der Waals surface area contributed by atoms with Gasteiger partial charge in [0.2, 0.25) is 0 Å². The molecular weight excluding hydrogens is 536 g/mol. The van der Waals surface area contributed by atoms with Gasteiger partial charge in [0.05, 0.1) is 19.0 Å². The molecule has 0 saturated heterocycles. The first-order valence-electron chi connectivity index (χ1n) is 14.9. The van der Waals surface area contributed by atoms with Gasteiger partial charge in [-0.15, -0.1) is 0 Å². The van der Waals surface area contributed by atoms with Crippen molar-refractivity contribution in [2.24, 2.45) is 0 Å². The molecule has 0 saturated carbocycles. The summed E-state index contributed by atoms with van der Waals surface area (Å²) in [5.41, 5.74) is 5.31. The van der Waals surface area contributed by atoms with Crippen LogP contribution in [0.4, 0.5) is 11.4 Å². The molecule has 2 aliphatic rings. The molecule has 2 aliphatic heterocycles. The summed E-state index contributed by atoms with van der Waals surface area (Å²) in [7, 11) is 0. The molecule has 43 heavy (non-hydrogen) atoms. The Kier molecular flexibility index (Phi) is 7.25. The molecule has 0 radical (unpaired) electrons. The average molecular weight is 575 g/mol. The minimum absolute atomic E-state index is 0.0379. The molecule has 2 heterocycles. The molecule has 4 aromatic carbocycles. The minimum atomic E-state index is -0.803. The van der Waals surface area contributed by atoms with Gasteiger partial charge in [-0.2, -0.15) is 0 Å². The third-order valence-electron chi connectivity index (χ3n) is 9.30. The fourth-order valence-electron chi connectivity index (χ4n) is 7.40. The van der Waals surface area contributed by atoms with Crippen LogP contribution in [0.1, 0.15) is 45.2 Å². The van der Waals surface area contributed by atoms with Crippen molar-refractivity contribution in [3.05, 3.63) is 108 Å². The lowest BCUT2D eigenvalue weighted by molar-refractivity contribution is -0.136. The largest absolute Gasteiger partial charge is 0.481 e. The molecule has 4 aromatic rings. The second-order valence-corrected chi connectivity index (χ2v) is 12.5. The SMILES string of the molecule is CC1(C)/C(=C\C=C\C2N(CCC(=O)O)c3ccc4ccccc4c3C2(C)C)N(CCOC=O)c2ccc3ccccc3c21. The molecule has 1 atom stereocenters. The van der Waals surface area contributed by atoms with E-state index in [4.69, 9.17) is 4.74 Å². The number of carbonyl (C=O) groups excluding carboxylic acids is 1. The number of benzene rings is 4. The highest BCUT2D eigenvalue weighted by Crippen LogP contribution is 2.51. The van der Waals surface area contributed by atoms with Gasteiger partial charge in [0.25, 0.3) is 6.47 Å². The topological polar surface area (TPSA) is 70.1 Å². The number of anilines is 2. The molecule has 6 nitrogen and oxygen atoms in total. The molecule has 0 spiro atoms. The molecular formula is C37H38N2O4. The average Bonchev–Trinajstić information content (AvgIpc) is 3.35. The zero-order chi connectivity index (χ0) is 30.4. The number of allylic oxidation sites excluding steroid dienone is 3. The Morgan fingerprint density at radius 2 is 1.49 bits per heavy atom. The van der Waals surface area contributed by atoms with Gasteiger partial charge < -0.3 is 19.6 Å². The summed E-state index contributed by atoms with van der Waals surface area (Å²) in [5, 5.41) is 14.4. The van der Waals surface area contributed by atoms with Crippen LogP contribution in [0.2, 0.25) is 0 Å². The van der Waals surface area contributed by atoms with Gasteiger partial charge in [-0.05, 0) is 50.9 Å². The summed E-state index contributed by atoms with van der Waals surface area (Å²) in [6.45, 7) is 10.8. The third-order valence-corrected chi connectivity index (χ3v) is 9.30. The number of hydrogen-bond donors (Lipinski definition) is 1. The molecule has 0 bridgehead atoms. The van der Waals surface area contributed by atoms with Gasteiger partial charge in [-0.25, -0.2) is 0 Å². The molecule has 6 rings (SSSR count). The van der Waals surface area contributed by atoms with Crippen LogP contribution in [0.25, 0.3) is 21.5 Å². The van der Waals surface area contributed by atoms with E-state index in [1.54, 1.807) is 0 Å². The van der Waals surface area contributed by atoms with Gasteiger partial charge in [0.15, 0.2) is 0 Å². The van der Waals surface area contributed by atoms with Gasteiger partial charge >= 0.3 is 5.97 Å². The highest BCUT2D eigenvalue weighted by molar-refractivity contribution is 5.95. The smallest absolute Gasteiger partial charge is 0.305 e. The van der Waals surface area contributed by atoms with Crippen LogP contribution in [0, 0.1) is 0 Å². The van der Waals surface area contributed by atoms with Crippen LogP contribution < -0.4 is 9.80 Å². The number of fused-ring (bicyclic) bond motifs is 6. The molecule has 0 fully saturated rings. The van der Waals surface area contributed by atoms with E-state index in [2.05, 4.69) is 129 Å². The maximum Gasteiger partial charge on any atom is 0.305 e. The number of nitrogens with zero attached hydrogens (tertiary/aromatic N) is 2. The Morgan fingerprint density at radius 1 is 0.860 bits per heavy atom. The molecule has 1 N–H and O–H groups in total. The van der Waals surface area contributed by atoms with Crippen molar-refractivity contribution in [2.75, 3.05) is 29.5 Å². The lowest BCUT2D eigenvalue weighted by Crippen LogP contribution is -2.41. The van der Waals surface area contributed by atoms with E-state index in [0.29, 0.717) is 19.6 Å². The monoisotopic (exact) mass is 574 g/mol. The predicted molar refractivity (Wildman–Crippen MR) is 174 cm³/mol. The number of rotatable bonds is 9. The van der Waals surface area contributed by atoms with Gasteiger partial charge in [-0.3, -0.25) is 9.59 Å². The van der Waals surface area contributed by atoms with Crippen molar-refractivity contribution < 1.29 is 19.4 Å². The van der Waals surface area contributed by atoms with Crippen molar-refractivity contribution in [3.8, 4) is 0 Å². The number of carboxylic acid groups (broad SMARTS) is 1. The highest BCUT2D eigenvalue weighted by atomic mass is 16.5. The van der Waals surface area contributed by atoms with Gasteiger partial charge in [-0.1, -0.05) is 101 Å². The molecule has 0 amide bonds. The number of aliphatic carboxylic acids is 1. The fraction of sp³-hybridized carbons (Fsp3) is 0.297. The van der Waals surface area contributed by atoms with E-state index in [1.807, 2.05) is 0 Å². The van der Waals surface area contributed by atoms with E-state index in [-0.39, 0.29) is 29.9 Å². The first-order valence-corrected chi connectivity index (χ1v) is 14.9. The van der Waals surface area contributed by atoms with Crippen molar-refractivity contribution >= 4 is 45.4 Å². The Balaban J connectivity index is 1.43. The molecule has 0 aliphatic carbocycles. The first kappa shape index (κ1) is 28.5. The predicted octanol–water partition coefficient (Wildman–Crippen LogP) is 7.34. The van der Waals surface area contributed by atoms with Crippen LogP contribution in [-0.2, 0) is 25.2 Å². The molecule has 220 valence electrons. The van der Waals surface area contributed by atoms with E-state index in [1.165, 1.54) is 32.7 Å². The van der Waals surface area contributed by atoms with Crippen LogP contribution in [0.5, 0.6) is 0 Å². The van der Waals surface area contributed by atoms with Crippen LogP contribution in [-0.4, -0.2) is 43.3 Å². The van der Waals surface area contributed by atoms with E-state index in [9.17, 15) is 14.7 Å². The zero-order valence-electron chi connectivity index (χ0n) is 25.2. The molecule has 6 heteroatoms. The van der Waals surface area contributed by atoms with E-state index >= 15 is 0 Å². The second kappa shape index (κ2) is 10.9. The minimum Gasteiger partial charge on any atom is -0.481 e. The lowest BCUT2D eigenvalue weighted by atomic mass is 9.78. The van der Waals surface area contributed by atoms with E-state index in [0.717, 1.165) is 17.1 Å². The Hall–Kier alpha value is -4.58. The summed E-state index contributed by atoms with van der Waals surface area (Å²) < 4.78 is 5.14. The Morgan fingerprint density at radius 3 is 2.14 bits per heavy atom. The van der Waals surface area contributed by atoms with Crippen molar-refractivity contribution in [3.63, 3.8) is 0 Å². The number of carbonyl (C=O) groups is 2. The standard InChI is InChI=1S/C37H38N2O4/c1-36(2)31(38(21-20-33(41)42)29-18-16-25-10-5-7-12-27(25)34(29)36)14-9-15-32-37(3,4)35-28-13-8-6-11-26(28)17-19-30(35)39(32)22-23-43-24-40/h5-19,24,31H,20-23H2,1-4H3,(H,41,42)/b14-9+,32-15+. The van der Waals surface area contributed by atoms with E-state index < -0.39 is 5.97 Å². The Bertz CT molecular complexity index is 1780. The summed E-state index contributed by atoms with van der Waals surface area (Å²) in [5.74, 6) is -0.803. The lowest BCUT2D eigenvalue weighted by Gasteiger charge is -2.32. The summed E-state index contributed by atoms with van der Waals surface area (Å²) >= 11 is 0. The molecule has 0 aromatic heterocycles. The number of hydrogen-bond acceptors (Lipinski definition) is 5. The van der Waals surface area contributed by atoms with Crippen molar-refractivity contribution in [1.82, 2.24) is 0 Å². The van der Waals surface area contributed by atoms with Gasteiger partial charge in [0, 0.05) is 34.4 Å². The quantitative estimate of drug-likeness (QED) is 0.167. The normalized spacial score (nSPS) is 19.3. The summed E-state index contributed by atoms with van der Waals surface area (Å²) in [6.07, 6.45) is 6.60. The second-order valence-electron chi connectivity index (χ2n) is 12.5. The third kappa shape index (κ3) is 4.75. The van der Waals surface area contributed by atoms with Gasteiger partial charge in [0.1, 0.15) is 6.61 Å². The van der Waals surface area contributed by atoms with Crippen LogP contribution >= 0.6 is 0 Å². The molecule has 1 unspecified atom stereocenters.